The molecule has 2 aromatic heterocycles. The minimum atomic E-state index is -3.85. The molecule has 0 amide bonds. The zero-order chi connectivity index (χ0) is 14.0. The molecule has 8 heteroatoms. The van der Waals surface area contributed by atoms with Crippen molar-refractivity contribution in [1.82, 2.24) is 9.97 Å². The van der Waals surface area contributed by atoms with E-state index in [1.807, 2.05) is 6.92 Å². The van der Waals surface area contributed by atoms with Crippen LogP contribution in [0.2, 0.25) is 0 Å². The molecule has 1 N–H and O–H groups in total. The lowest BCUT2D eigenvalue weighted by Gasteiger charge is -2.05. The predicted molar refractivity (Wildman–Crippen MR) is 71.3 cm³/mol. The van der Waals surface area contributed by atoms with Crippen LogP contribution >= 0.6 is 11.3 Å². The molecule has 0 unspecified atom stereocenters. The van der Waals surface area contributed by atoms with E-state index in [0.717, 1.165) is 10.6 Å². The minimum Gasteiger partial charge on any atom is -0.255 e. The van der Waals surface area contributed by atoms with Gasteiger partial charge in [0, 0.05) is 11.1 Å². The number of hydrogen-bond acceptors (Lipinski definition) is 6. The molecule has 2 rings (SSSR count). The van der Waals surface area contributed by atoms with Gasteiger partial charge in [0.05, 0.1) is 5.69 Å². The first-order valence-electron chi connectivity index (χ1n) is 5.26. The van der Waals surface area contributed by atoms with Crippen molar-refractivity contribution >= 4 is 26.5 Å². The average Bonchev–Trinajstić information content (AvgIpc) is 2.67. The van der Waals surface area contributed by atoms with E-state index < -0.39 is 10.0 Å². The van der Waals surface area contributed by atoms with Crippen molar-refractivity contribution in [2.24, 2.45) is 0 Å². The number of sulfonamides is 1. The number of aromatic nitrogens is 2. The van der Waals surface area contributed by atoms with Crippen molar-refractivity contribution in [3.05, 3.63) is 34.6 Å². The van der Waals surface area contributed by atoms with Crippen LogP contribution in [0.25, 0.3) is 0 Å². The van der Waals surface area contributed by atoms with Gasteiger partial charge >= 0.3 is 0 Å². The zero-order valence-electron chi connectivity index (χ0n) is 10.2. The summed E-state index contributed by atoms with van der Waals surface area (Å²) in [5, 5.41) is 9.16. The lowest BCUT2D eigenvalue weighted by atomic mass is 10.4. The molecular formula is C11H10N4O2S2. The Hall–Kier alpha value is -1.98. The third-order valence-electron chi connectivity index (χ3n) is 2.42. The van der Waals surface area contributed by atoms with E-state index in [4.69, 9.17) is 5.26 Å². The number of thiazole rings is 1. The molecule has 0 saturated carbocycles. The second-order valence-corrected chi connectivity index (χ2v) is 6.58. The van der Waals surface area contributed by atoms with Crippen LogP contribution in [0.5, 0.6) is 0 Å². The molecular weight excluding hydrogens is 284 g/mol. The van der Waals surface area contributed by atoms with E-state index in [-0.39, 0.29) is 15.7 Å². The fourth-order valence-corrected chi connectivity index (χ4v) is 3.54. The first-order chi connectivity index (χ1) is 8.94. The fraction of sp³-hybridized carbons (Fsp3) is 0.182. The Morgan fingerprint density at radius 2 is 2.16 bits per heavy atom. The molecule has 0 atom stereocenters. The highest BCUT2D eigenvalue weighted by Crippen LogP contribution is 2.24. The summed E-state index contributed by atoms with van der Waals surface area (Å²) in [5.41, 5.74) is 0.634. The largest absolute Gasteiger partial charge is 0.266 e. The quantitative estimate of drug-likeness (QED) is 0.931. The molecule has 0 spiro atoms. The first kappa shape index (κ1) is 13.5. The van der Waals surface area contributed by atoms with Crippen LogP contribution in [-0.4, -0.2) is 18.4 Å². The lowest BCUT2D eigenvalue weighted by Crippen LogP contribution is -2.14. The molecule has 6 nitrogen and oxygen atoms in total. The van der Waals surface area contributed by atoms with Gasteiger partial charge in [-0.3, -0.25) is 4.72 Å². The number of rotatable bonds is 3. The number of anilines is 1. The third-order valence-corrected chi connectivity index (χ3v) is 4.90. The minimum absolute atomic E-state index is 0.139. The van der Waals surface area contributed by atoms with Gasteiger partial charge in [-0.2, -0.15) is 5.26 Å². The van der Waals surface area contributed by atoms with E-state index in [1.54, 1.807) is 13.0 Å². The molecule has 0 bridgehead atoms. The van der Waals surface area contributed by atoms with E-state index in [1.165, 1.54) is 29.7 Å². The van der Waals surface area contributed by atoms with Crippen molar-refractivity contribution < 1.29 is 8.42 Å². The third kappa shape index (κ3) is 2.72. The summed E-state index contributed by atoms with van der Waals surface area (Å²) in [6.07, 6.45) is 1.37. The number of pyridine rings is 1. The Bertz CT molecular complexity index is 740. The monoisotopic (exact) mass is 294 g/mol. The average molecular weight is 294 g/mol. The van der Waals surface area contributed by atoms with Gasteiger partial charge in [-0.1, -0.05) is 0 Å². The molecule has 2 heterocycles. The van der Waals surface area contributed by atoms with Gasteiger partial charge in [0.2, 0.25) is 0 Å². The summed E-state index contributed by atoms with van der Waals surface area (Å²) in [4.78, 5) is 8.62. The van der Waals surface area contributed by atoms with E-state index in [0.29, 0.717) is 0 Å². The zero-order valence-corrected chi connectivity index (χ0v) is 11.8. The molecule has 0 aromatic carbocycles. The first-order valence-corrected chi connectivity index (χ1v) is 7.56. The van der Waals surface area contributed by atoms with Crippen LogP contribution in [0.1, 0.15) is 16.3 Å². The fourth-order valence-electron chi connectivity index (χ4n) is 1.38. The van der Waals surface area contributed by atoms with Gasteiger partial charge in [0.15, 0.2) is 10.8 Å². The van der Waals surface area contributed by atoms with E-state index in [9.17, 15) is 8.42 Å². The number of nitrogens with one attached hydrogen (secondary N) is 1. The Kier molecular flexibility index (Phi) is 3.50. The van der Waals surface area contributed by atoms with Gasteiger partial charge < -0.3 is 0 Å². The van der Waals surface area contributed by atoms with Gasteiger partial charge in [-0.05, 0) is 26.0 Å². The van der Waals surface area contributed by atoms with Crippen molar-refractivity contribution in [3.8, 4) is 6.07 Å². The molecule has 2 aromatic rings. The molecule has 0 fully saturated rings. The molecule has 19 heavy (non-hydrogen) atoms. The van der Waals surface area contributed by atoms with Gasteiger partial charge in [-0.15, -0.1) is 11.3 Å². The number of aryl methyl sites for hydroxylation is 2. The highest BCUT2D eigenvalue weighted by Gasteiger charge is 2.21. The van der Waals surface area contributed by atoms with Crippen molar-refractivity contribution in [2.45, 2.75) is 18.7 Å². The van der Waals surface area contributed by atoms with Crippen LogP contribution in [0.3, 0.4) is 0 Å². The Labute approximate surface area is 114 Å². The van der Waals surface area contributed by atoms with Gasteiger partial charge in [0.1, 0.15) is 11.0 Å². The van der Waals surface area contributed by atoms with Crippen molar-refractivity contribution in [3.63, 3.8) is 0 Å². The summed E-state index contributed by atoms with van der Waals surface area (Å²) >= 11 is 1.24. The lowest BCUT2D eigenvalue weighted by molar-refractivity contribution is 0.600. The van der Waals surface area contributed by atoms with E-state index in [2.05, 4.69) is 14.7 Å². The molecule has 0 aliphatic carbocycles. The van der Waals surface area contributed by atoms with Crippen LogP contribution in [0.15, 0.2) is 23.2 Å². The second kappa shape index (κ2) is 4.95. The van der Waals surface area contributed by atoms with Gasteiger partial charge in [-0.25, -0.2) is 18.4 Å². The maximum absolute atomic E-state index is 12.2. The molecule has 0 aliphatic heterocycles. The summed E-state index contributed by atoms with van der Waals surface area (Å²) in [6.45, 7) is 3.66. The standard InChI is InChI=1S/C11H10N4O2S2/c1-7-8(2)18-11(14-7)15-19(16,17)10-4-3-5-13-9(10)6-12/h3-5H,1-2H3,(H,14,15). The number of hydrogen-bond donors (Lipinski definition) is 1. The predicted octanol–water partition coefficient (Wildman–Crippen LogP) is 1.83. The number of nitrogens with zero attached hydrogens (tertiary/aromatic N) is 3. The normalized spacial score (nSPS) is 11.0. The molecule has 0 saturated heterocycles. The van der Waals surface area contributed by atoms with Crippen LogP contribution in [-0.2, 0) is 10.0 Å². The van der Waals surface area contributed by atoms with Crippen LogP contribution < -0.4 is 4.72 Å². The molecule has 98 valence electrons. The maximum atomic E-state index is 12.2. The number of nitriles is 1. The Morgan fingerprint density at radius 1 is 1.42 bits per heavy atom. The molecule has 0 radical (unpaired) electrons. The summed E-state index contributed by atoms with van der Waals surface area (Å²) in [5.74, 6) is 0. The highest BCUT2D eigenvalue weighted by atomic mass is 32.2. The van der Waals surface area contributed by atoms with Gasteiger partial charge in [0.25, 0.3) is 10.0 Å². The topological polar surface area (TPSA) is 95.7 Å². The SMILES string of the molecule is Cc1nc(NS(=O)(=O)c2cccnc2C#N)sc1C. The van der Waals surface area contributed by atoms with Crippen LogP contribution in [0, 0.1) is 25.2 Å². The van der Waals surface area contributed by atoms with Crippen molar-refractivity contribution in [2.75, 3.05) is 4.72 Å². The summed E-state index contributed by atoms with van der Waals surface area (Å²) in [6, 6.07) is 4.56. The summed E-state index contributed by atoms with van der Waals surface area (Å²) < 4.78 is 26.7. The maximum Gasteiger partial charge on any atom is 0.266 e. The second-order valence-electron chi connectivity index (χ2n) is 3.73. The Balaban J connectivity index is 2.41. The van der Waals surface area contributed by atoms with E-state index >= 15 is 0 Å². The Morgan fingerprint density at radius 3 is 2.74 bits per heavy atom. The summed E-state index contributed by atoms with van der Waals surface area (Å²) in [7, 11) is -3.85. The van der Waals surface area contributed by atoms with Crippen LogP contribution in [0.4, 0.5) is 5.13 Å². The smallest absolute Gasteiger partial charge is 0.255 e. The molecule has 0 aliphatic rings. The highest BCUT2D eigenvalue weighted by molar-refractivity contribution is 7.93. The van der Waals surface area contributed by atoms with Crippen molar-refractivity contribution in [1.29, 1.82) is 5.26 Å².